The highest BCUT2D eigenvalue weighted by molar-refractivity contribution is 5.37. The Morgan fingerprint density at radius 3 is 2.88 bits per heavy atom. The summed E-state index contributed by atoms with van der Waals surface area (Å²) in [4.78, 5) is 8.61. The molecule has 0 saturated carbocycles. The zero-order valence-electron chi connectivity index (χ0n) is 9.86. The van der Waals surface area contributed by atoms with Gasteiger partial charge in [-0.05, 0) is 6.42 Å². The van der Waals surface area contributed by atoms with Crippen molar-refractivity contribution < 1.29 is 9.84 Å². The number of hydrogen-bond donors (Lipinski definition) is 2. The minimum absolute atomic E-state index is 0.131. The molecule has 0 aliphatic carbocycles. The molecule has 0 amide bonds. The molecule has 1 aromatic rings. The molecule has 2 N–H and O–H groups in total. The lowest BCUT2D eigenvalue weighted by molar-refractivity contribution is 0.229. The number of aromatic nitrogens is 2. The third-order valence-electron chi connectivity index (χ3n) is 2.03. The van der Waals surface area contributed by atoms with Gasteiger partial charge >= 0.3 is 0 Å². The maximum Gasteiger partial charge on any atom is 0.218 e. The molecule has 0 unspecified atom stereocenters. The topological polar surface area (TPSA) is 67.3 Å². The third-order valence-corrected chi connectivity index (χ3v) is 2.03. The van der Waals surface area contributed by atoms with Crippen LogP contribution in [0.25, 0.3) is 0 Å². The fraction of sp³-hybridized carbons (Fsp3) is 0.636. The van der Waals surface area contributed by atoms with Crippen molar-refractivity contribution in [2.24, 2.45) is 0 Å². The fourth-order valence-corrected chi connectivity index (χ4v) is 1.25. The zero-order valence-corrected chi connectivity index (χ0v) is 9.86. The van der Waals surface area contributed by atoms with Crippen molar-refractivity contribution in [3.8, 4) is 5.88 Å². The largest absolute Gasteiger partial charge is 0.477 e. The van der Waals surface area contributed by atoms with Crippen molar-refractivity contribution >= 4 is 5.82 Å². The molecule has 0 aliphatic heterocycles. The van der Waals surface area contributed by atoms with Gasteiger partial charge in [-0.3, -0.25) is 0 Å². The lowest BCUT2D eigenvalue weighted by Crippen LogP contribution is -2.06. The Morgan fingerprint density at radius 1 is 1.44 bits per heavy atom. The van der Waals surface area contributed by atoms with Crippen LogP contribution >= 0.6 is 0 Å². The van der Waals surface area contributed by atoms with E-state index < -0.39 is 0 Å². The van der Waals surface area contributed by atoms with Crippen molar-refractivity contribution in [3.63, 3.8) is 0 Å². The Morgan fingerprint density at radius 2 is 2.25 bits per heavy atom. The van der Waals surface area contributed by atoms with E-state index in [9.17, 15) is 0 Å². The molecule has 16 heavy (non-hydrogen) atoms. The number of nitrogens with zero attached hydrogens (tertiary/aromatic N) is 2. The smallest absolute Gasteiger partial charge is 0.218 e. The summed E-state index contributed by atoms with van der Waals surface area (Å²) < 4.78 is 5.42. The van der Waals surface area contributed by atoms with Gasteiger partial charge < -0.3 is 15.2 Å². The lowest BCUT2D eigenvalue weighted by Gasteiger charge is -2.08. The average Bonchev–Trinajstić information content (AvgIpc) is 2.29. The minimum atomic E-state index is 0.131. The Kier molecular flexibility index (Phi) is 5.56. The number of rotatable bonds is 7. The van der Waals surface area contributed by atoms with Gasteiger partial charge in [-0.1, -0.05) is 6.92 Å². The Bertz CT molecular complexity index is 318. The first-order valence-electron chi connectivity index (χ1n) is 5.59. The first-order valence-corrected chi connectivity index (χ1v) is 5.59. The van der Waals surface area contributed by atoms with E-state index in [1.54, 1.807) is 6.07 Å². The van der Waals surface area contributed by atoms with Crippen molar-refractivity contribution in [1.82, 2.24) is 9.97 Å². The molecule has 5 nitrogen and oxygen atoms in total. The standard InChI is InChI=1S/C11H19N3O2/c1-3-5-9-13-10(12-2)8-11(14-9)16-7-4-6-15/h8,15H,3-7H2,1-2H3,(H,12,13,14). The highest BCUT2D eigenvalue weighted by atomic mass is 16.5. The number of nitrogens with one attached hydrogen (secondary N) is 1. The van der Waals surface area contributed by atoms with E-state index in [1.807, 2.05) is 7.05 Å². The molecule has 1 heterocycles. The average molecular weight is 225 g/mol. The Balaban J connectivity index is 2.69. The van der Waals surface area contributed by atoms with Crippen LogP contribution in [-0.4, -0.2) is 35.3 Å². The second kappa shape index (κ2) is 7.00. The van der Waals surface area contributed by atoms with Crippen LogP contribution in [0, 0.1) is 0 Å². The van der Waals surface area contributed by atoms with Gasteiger partial charge in [0, 0.05) is 32.6 Å². The van der Waals surface area contributed by atoms with Gasteiger partial charge in [0.2, 0.25) is 5.88 Å². The van der Waals surface area contributed by atoms with E-state index in [0.29, 0.717) is 18.9 Å². The van der Waals surface area contributed by atoms with Gasteiger partial charge in [0.1, 0.15) is 11.6 Å². The molecule has 0 atom stereocenters. The second-order valence-electron chi connectivity index (χ2n) is 3.43. The highest BCUT2D eigenvalue weighted by Gasteiger charge is 2.03. The van der Waals surface area contributed by atoms with Gasteiger partial charge in [-0.25, -0.2) is 4.98 Å². The van der Waals surface area contributed by atoms with E-state index in [1.165, 1.54) is 0 Å². The van der Waals surface area contributed by atoms with E-state index in [0.717, 1.165) is 24.5 Å². The molecule has 5 heteroatoms. The van der Waals surface area contributed by atoms with Crippen molar-refractivity contribution in [2.45, 2.75) is 26.2 Å². The molecule has 0 spiro atoms. The van der Waals surface area contributed by atoms with Gasteiger partial charge in [0.15, 0.2) is 0 Å². The quantitative estimate of drug-likeness (QED) is 0.683. The number of aliphatic hydroxyl groups is 1. The number of anilines is 1. The van der Waals surface area contributed by atoms with Crippen molar-refractivity contribution in [2.75, 3.05) is 25.6 Å². The van der Waals surface area contributed by atoms with Gasteiger partial charge in [-0.2, -0.15) is 4.98 Å². The molecule has 0 bridgehead atoms. The van der Waals surface area contributed by atoms with Crippen LogP contribution in [0.2, 0.25) is 0 Å². The molecular weight excluding hydrogens is 206 g/mol. The Labute approximate surface area is 95.9 Å². The summed E-state index contributed by atoms with van der Waals surface area (Å²) in [6.07, 6.45) is 2.46. The number of aliphatic hydroxyl groups excluding tert-OH is 1. The predicted octanol–water partition coefficient (Wildman–Crippen LogP) is 1.23. The minimum Gasteiger partial charge on any atom is -0.477 e. The van der Waals surface area contributed by atoms with E-state index in [-0.39, 0.29) is 6.61 Å². The third kappa shape index (κ3) is 4.02. The first-order chi connectivity index (χ1) is 7.80. The molecular formula is C11H19N3O2. The SMILES string of the molecule is CCCc1nc(NC)cc(OCCCO)n1. The van der Waals surface area contributed by atoms with E-state index in [4.69, 9.17) is 9.84 Å². The van der Waals surface area contributed by atoms with Crippen LogP contribution in [-0.2, 0) is 6.42 Å². The van der Waals surface area contributed by atoms with Crippen LogP contribution in [0.15, 0.2) is 6.07 Å². The number of aryl methyl sites for hydroxylation is 1. The second-order valence-corrected chi connectivity index (χ2v) is 3.43. The maximum absolute atomic E-state index is 8.66. The zero-order chi connectivity index (χ0) is 11.8. The summed E-state index contributed by atoms with van der Waals surface area (Å²) in [6, 6.07) is 1.76. The molecule has 0 radical (unpaired) electrons. The van der Waals surface area contributed by atoms with Crippen molar-refractivity contribution in [3.05, 3.63) is 11.9 Å². The summed E-state index contributed by atoms with van der Waals surface area (Å²) in [5.74, 6) is 2.11. The van der Waals surface area contributed by atoms with Crippen LogP contribution < -0.4 is 10.1 Å². The summed E-state index contributed by atoms with van der Waals surface area (Å²) in [5.41, 5.74) is 0. The first kappa shape index (κ1) is 12.7. The van der Waals surface area contributed by atoms with Gasteiger partial charge in [0.25, 0.3) is 0 Å². The molecule has 1 rings (SSSR count). The molecule has 1 aromatic heterocycles. The molecule has 0 aromatic carbocycles. The molecule has 0 fully saturated rings. The lowest BCUT2D eigenvalue weighted by atomic mass is 10.3. The number of ether oxygens (including phenoxy) is 1. The highest BCUT2D eigenvalue weighted by Crippen LogP contribution is 2.14. The van der Waals surface area contributed by atoms with Gasteiger partial charge in [0.05, 0.1) is 6.61 Å². The predicted molar refractivity (Wildman–Crippen MR) is 62.8 cm³/mol. The molecule has 90 valence electrons. The van der Waals surface area contributed by atoms with Crippen LogP contribution in [0.4, 0.5) is 5.82 Å². The summed E-state index contributed by atoms with van der Waals surface area (Å²) >= 11 is 0. The van der Waals surface area contributed by atoms with E-state index in [2.05, 4.69) is 22.2 Å². The monoisotopic (exact) mass is 225 g/mol. The molecule has 0 saturated heterocycles. The van der Waals surface area contributed by atoms with E-state index >= 15 is 0 Å². The fourth-order valence-electron chi connectivity index (χ4n) is 1.25. The normalized spacial score (nSPS) is 10.2. The summed E-state index contributed by atoms with van der Waals surface area (Å²) in [6.45, 7) is 2.69. The van der Waals surface area contributed by atoms with Crippen LogP contribution in [0.1, 0.15) is 25.6 Å². The van der Waals surface area contributed by atoms with Crippen molar-refractivity contribution in [1.29, 1.82) is 0 Å². The summed E-state index contributed by atoms with van der Waals surface area (Å²) in [5, 5.41) is 11.6. The summed E-state index contributed by atoms with van der Waals surface area (Å²) in [7, 11) is 1.82. The molecule has 0 aliphatic rings. The number of hydrogen-bond acceptors (Lipinski definition) is 5. The Hall–Kier alpha value is -1.36. The maximum atomic E-state index is 8.66. The van der Waals surface area contributed by atoms with Gasteiger partial charge in [-0.15, -0.1) is 0 Å². The van der Waals surface area contributed by atoms with Crippen LogP contribution in [0.5, 0.6) is 5.88 Å². The van der Waals surface area contributed by atoms with Crippen LogP contribution in [0.3, 0.4) is 0 Å².